The molecule has 6 heteroatoms. The first-order chi connectivity index (χ1) is 20.9. The van der Waals surface area contributed by atoms with Gasteiger partial charge in [0.05, 0.1) is 25.4 Å². The third-order valence-electron chi connectivity index (χ3n) is 8.40. The Bertz CT molecular complexity index is 1280. The molecule has 1 aliphatic rings. The maximum absolute atomic E-state index is 14.8. The molecule has 0 saturated heterocycles. The first kappa shape index (κ1) is 32.5. The van der Waals surface area contributed by atoms with E-state index in [2.05, 4.69) is 6.92 Å². The second kappa shape index (κ2) is 17.0. The van der Waals surface area contributed by atoms with Crippen molar-refractivity contribution in [3.63, 3.8) is 0 Å². The standard InChI is InChI=1S/C37H46F2O4/c1-3-4-5-6-7-22-41-35-20-18-31(25-33(35)38)28-14-16-29(17-15-28)32-19-21-36(34(39)26-32)42-23-8-9-24-43-37(40)30-12-10-27(2)11-13-30/h10-13,18-21,25-26,28-29H,3-9,14-17,22-24H2,1-2H3. The van der Waals surface area contributed by atoms with Gasteiger partial charge in [-0.25, -0.2) is 13.6 Å². The SMILES string of the molecule is CCCCCCCOc1ccc(C2CCC(c3ccc(OCCCCOC(=O)c4ccc(C)cc4)c(F)c3)CC2)cc1F. The quantitative estimate of drug-likeness (QED) is 0.123. The number of rotatable bonds is 16. The van der Waals surface area contributed by atoms with Gasteiger partial charge in [0, 0.05) is 0 Å². The summed E-state index contributed by atoms with van der Waals surface area (Å²) in [6.07, 6.45) is 10.7. The van der Waals surface area contributed by atoms with Crippen molar-refractivity contribution >= 4 is 5.97 Å². The predicted molar refractivity (Wildman–Crippen MR) is 167 cm³/mol. The van der Waals surface area contributed by atoms with E-state index in [4.69, 9.17) is 14.2 Å². The average molecular weight is 593 g/mol. The monoisotopic (exact) mass is 592 g/mol. The van der Waals surface area contributed by atoms with Crippen molar-refractivity contribution in [3.05, 3.63) is 94.6 Å². The molecule has 0 unspecified atom stereocenters. The Morgan fingerprint density at radius 3 is 1.67 bits per heavy atom. The van der Waals surface area contributed by atoms with Gasteiger partial charge < -0.3 is 14.2 Å². The van der Waals surface area contributed by atoms with Gasteiger partial charge in [0.2, 0.25) is 0 Å². The molecular weight excluding hydrogens is 546 g/mol. The first-order valence-corrected chi connectivity index (χ1v) is 16.0. The molecule has 0 atom stereocenters. The highest BCUT2D eigenvalue weighted by Gasteiger charge is 2.25. The largest absolute Gasteiger partial charge is 0.491 e. The topological polar surface area (TPSA) is 44.8 Å². The van der Waals surface area contributed by atoms with Gasteiger partial charge in [-0.2, -0.15) is 0 Å². The molecule has 0 heterocycles. The minimum atomic E-state index is -0.353. The third kappa shape index (κ3) is 10.1. The molecule has 3 aromatic carbocycles. The van der Waals surface area contributed by atoms with Crippen LogP contribution in [0.1, 0.15) is 116 Å². The first-order valence-electron chi connectivity index (χ1n) is 16.0. The summed E-state index contributed by atoms with van der Waals surface area (Å²) in [6.45, 7) is 5.36. The fourth-order valence-corrected chi connectivity index (χ4v) is 5.75. The van der Waals surface area contributed by atoms with E-state index in [1.165, 1.54) is 19.3 Å². The molecule has 1 fully saturated rings. The van der Waals surface area contributed by atoms with Crippen molar-refractivity contribution in [2.45, 2.75) is 96.3 Å². The second-order valence-electron chi connectivity index (χ2n) is 11.7. The lowest BCUT2D eigenvalue weighted by Crippen LogP contribution is -2.13. The molecule has 43 heavy (non-hydrogen) atoms. The highest BCUT2D eigenvalue weighted by molar-refractivity contribution is 5.89. The van der Waals surface area contributed by atoms with Crippen molar-refractivity contribution in [2.24, 2.45) is 0 Å². The zero-order chi connectivity index (χ0) is 30.4. The maximum Gasteiger partial charge on any atom is 0.338 e. The van der Waals surface area contributed by atoms with E-state index >= 15 is 0 Å². The van der Waals surface area contributed by atoms with Crippen LogP contribution >= 0.6 is 0 Å². The highest BCUT2D eigenvalue weighted by atomic mass is 19.1. The van der Waals surface area contributed by atoms with Crippen LogP contribution in [0, 0.1) is 18.6 Å². The van der Waals surface area contributed by atoms with Crippen molar-refractivity contribution in [1.29, 1.82) is 0 Å². The van der Waals surface area contributed by atoms with Crippen LogP contribution in [0.15, 0.2) is 60.7 Å². The van der Waals surface area contributed by atoms with Gasteiger partial charge in [0.25, 0.3) is 0 Å². The van der Waals surface area contributed by atoms with E-state index < -0.39 is 0 Å². The zero-order valence-electron chi connectivity index (χ0n) is 25.7. The number of hydrogen-bond acceptors (Lipinski definition) is 4. The van der Waals surface area contributed by atoms with E-state index in [1.54, 1.807) is 36.4 Å². The smallest absolute Gasteiger partial charge is 0.338 e. The minimum Gasteiger partial charge on any atom is -0.491 e. The van der Waals surface area contributed by atoms with Crippen LogP contribution in [0.5, 0.6) is 11.5 Å². The summed E-state index contributed by atoms with van der Waals surface area (Å²) < 4.78 is 46.2. The van der Waals surface area contributed by atoms with E-state index in [1.807, 2.05) is 31.2 Å². The lowest BCUT2D eigenvalue weighted by molar-refractivity contribution is 0.0494. The molecule has 1 saturated carbocycles. The van der Waals surface area contributed by atoms with Gasteiger partial charge in [-0.1, -0.05) is 62.4 Å². The van der Waals surface area contributed by atoms with E-state index in [0.717, 1.165) is 55.2 Å². The van der Waals surface area contributed by atoms with Crippen molar-refractivity contribution in [3.8, 4) is 11.5 Å². The number of hydrogen-bond donors (Lipinski definition) is 0. The highest BCUT2D eigenvalue weighted by Crippen LogP contribution is 2.41. The summed E-state index contributed by atoms with van der Waals surface area (Å²) in [5.41, 5.74) is 3.63. The van der Waals surface area contributed by atoms with Gasteiger partial charge in [-0.3, -0.25) is 0 Å². The molecule has 0 N–H and O–H groups in total. The molecule has 0 amide bonds. The molecule has 0 spiro atoms. The number of benzene rings is 3. The Morgan fingerprint density at radius 2 is 1.16 bits per heavy atom. The fourth-order valence-electron chi connectivity index (χ4n) is 5.75. The number of esters is 1. The van der Waals surface area contributed by atoms with Crippen LogP contribution in [0.25, 0.3) is 0 Å². The van der Waals surface area contributed by atoms with Gasteiger partial charge >= 0.3 is 5.97 Å². The summed E-state index contributed by atoms with van der Waals surface area (Å²) in [4.78, 5) is 12.1. The summed E-state index contributed by atoms with van der Waals surface area (Å²) >= 11 is 0. The molecule has 0 aliphatic heterocycles. The maximum atomic E-state index is 14.8. The Labute approximate surface area is 255 Å². The van der Waals surface area contributed by atoms with E-state index in [9.17, 15) is 13.6 Å². The Morgan fingerprint density at radius 1 is 0.674 bits per heavy atom. The van der Waals surface area contributed by atoms with Crippen LogP contribution in [-0.2, 0) is 4.74 Å². The van der Waals surface area contributed by atoms with Crippen molar-refractivity contribution in [2.75, 3.05) is 19.8 Å². The lowest BCUT2D eigenvalue weighted by atomic mass is 9.76. The second-order valence-corrected chi connectivity index (χ2v) is 11.7. The molecule has 3 aromatic rings. The van der Waals surface area contributed by atoms with Crippen LogP contribution in [-0.4, -0.2) is 25.8 Å². The van der Waals surface area contributed by atoms with Crippen molar-refractivity contribution in [1.82, 2.24) is 0 Å². The molecule has 4 nitrogen and oxygen atoms in total. The van der Waals surface area contributed by atoms with Gasteiger partial charge in [-0.15, -0.1) is 0 Å². The van der Waals surface area contributed by atoms with E-state index in [0.29, 0.717) is 49.9 Å². The Hall–Kier alpha value is -3.41. The predicted octanol–water partition coefficient (Wildman–Crippen LogP) is 10.1. The molecule has 4 rings (SSSR count). The summed E-state index contributed by atoms with van der Waals surface area (Å²) in [5.74, 6) is 0.193. The van der Waals surface area contributed by atoms with Gasteiger partial charge in [-0.05, 0) is 111 Å². The van der Waals surface area contributed by atoms with Crippen LogP contribution in [0.3, 0.4) is 0 Å². The fraction of sp³-hybridized carbons (Fsp3) is 0.486. The Kier molecular flexibility index (Phi) is 12.9. The molecule has 1 aliphatic carbocycles. The minimum absolute atomic E-state index is 0.243. The molecule has 0 radical (unpaired) electrons. The average Bonchev–Trinajstić information content (AvgIpc) is 3.02. The van der Waals surface area contributed by atoms with Gasteiger partial charge in [0.15, 0.2) is 23.1 Å². The van der Waals surface area contributed by atoms with Crippen LogP contribution in [0.2, 0.25) is 0 Å². The lowest BCUT2D eigenvalue weighted by Gasteiger charge is -2.29. The molecular formula is C37H46F2O4. The molecule has 0 aromatic heterocycles. The zero-order valence-corrected chi connectivity index (χ0v) is 25.7. The van der Waals surface area contributed by atoms with Crippen LogP contribution < -0.4 is 9.47 Å². The summed E-state index contributed by atoms with van der Waals surface area (Å²) in [6, 6.07) is 17.9. The molecule has 232 valence electrons. The Balaban J connectivity index is 1.15. The van der Waals surface area contributed by atoms with Crippen molar-refractivity contribution < 1.29 is 27.8 Å². The normalized spacial score (nSPS) is 16.6. The molecule has 0 bridgehead atoms. The number of ether oxygens (including phenoxy) is 3. The van der Waals surface area contributed by atoms with Crippen LogP contribution in [0.4, 0.5) is 8.78 Å². The summed E-state index contributed by atoms with van der Waals surface area (Å²) in [5, 5.41) is 0. The number of aryl methyl sites for hydroxylation is 1. The third-order valence-corrected chi connectivity index (χ3v) is 8.40. The number of halogens is 2. The van der Waals surface area contributed by atoms with Gasteiger partial charge in [0.1, 0.15) is 0 Å². The number of unbranched alkanes of at least 4 members (excludes halogenated alkanes) is 5. The number of carbonyl (C=O) groups excluding carboxylic acids is 1. The summed E-state index contributed by atoms with van der Waals surface area (Å²) in [7, 11) is 0. The van der Waals surface area contributed by atoms with E-state index in [-0.39, 0.29) is 29.3 Å². The number of carbonyl (C=O) groups is 1.